The van der Waals surface area contributed by atoms with Crippen molar-refractivity contribution >= 4 is 45.1 Å². The normalized spacial score (nSPS) is 15.9. The highest BCUT2D eigenvalue weighted by molar-refractivity contribution is 6.39. The summed E-state index contributed by atoms with van der Waals surface area (Å²) in [5, 5.41) is 0. The van der Waals surface area contributed by atoms with Gasteiger partial charge in [-0.1, -0.05) is 79.1 Å². The number of hydrogen-bond donors (Lipinski definition) is 0. The van der Waals surface area contributed by atoms with Gasteiger partial charge in [-0.25, -0.2) is 20.0 Å². The molecule has 72 heavy (non-hydrogen) atoms. The van der Waals surface area contributed by atoms with E-state index in [4.69, 9.17) is 20.0 Å². The minimum Gasteiger partial charge on any atom is -0.247 e. The fourth-order valence-electron chi connectivity index (χ4n) is 10.6. The van der Waals surface area contributed by atoms with Crippen molar-refractivity contribution in [2.45, 2.75) is 157 Å². The summed E-state index contributed by atoms with van der Waals surface area (Å²) in [6.07, 6.45) is 45.5. The number of aliphatic imine (C=N–C) groups is 4. The molecular formula is C64H76N8+4. The van der Waals surface area contributed by atoms with Crippen LogP contribution in [0.1, 0.15) is 153 Å². The van der Waals surface area contributed by atoms with Crippen LogP contribution in [0.15, 0.2) is 189 Å². The molecule has 5 aliphatic rings. The van der Waals surface area contributed by atoms with Crippen LogP contribution in [0.3, 0.4) is 0 Å². The molecule has 0 N–H and O–H groups in total. The van der Waals surface area contributed by atoms with E-state index in [2.05, 4.69) is 192 Å². The molecule has 368 valence electrons. The number of allylic oxidation sites excluding steroid dienone is 12. The summed E-state index contributed by atoms with van der Waals surface area (Å²) in [5.74, 6) is 0. The zero-order valence-corrected chi connectivity index (χ0v) is 43.6. The molecule has 0 atom stereocenters. The first kappa shape index (κ1) is 50.2. The number of rotatable bonds is 24. The van der Waals surface area contributed by atoms with E-state index in [0.717, 1.165) is 143 Å². The van der Waals surface area contributed by atoms with E-state index >= 15 is 0 Å². The van der Waals surface area contributed by atoms with Crippen molar-refractivity contribution in [1.82, 2.24) is 0 Å². The lowest BCUT2D eigenvalue weighted by Gasteiger charge is -2.12. The Kier molecular flexibility index (Phi) is 17.4. The van der Waals surface area contributed by atoms with Gasteiger partial charge in [0.2, 0.25) is 22.8 Å². The number of unbranched alkanes of at least 4 members (excludes halogenated alkanes) is 12. The third-order valence-electron chi connectivity index (χ3n) is 14.4. The first-order chi connectivity index (χ1) is 35.6. The van der Waals surface area contributed by atoms with Gasteiger partial charge < -0.3 is 0 Å². The second-order valence-corrected chi connectivity index (χ2v) is 19.7. The summed E-state index contributed by atoms with van der Waals surface area (Å²) in [6, 6.07) is 26.2. The quantitative estimate of drug-likeness (QED) is 0.0496. The highest BCUT2D eigenvalue weighted by Gasteiger charge is 2.34. The molecule has 0 fully saturated rings. The molecule has 9 heterocycles. The van der Waals surface area contributed by atoms with Crippen LogP contribution in [0.25, 0.3) is 22.3 Å². The van der Waals surface area contributed by atoms with E-state index in [1.165, 1.54) is 77.0 Å². The van der Waals surface area contributed by atoms with Crippen LogP contribution in [0, 0.1) is 0 Å². The van der Waals surface area contributed by atoms with Gasteiger partial charge in [-0.15, -0.1) is 0 Å². The van der Waals surface area contributed by atoms with E-state index in [9.17, 15) is 0 Å². The van der Waals surface area contributed by atoms with Crippen molar-refractivity contribution in [3.63, 3.8) is 0 Å². The van der Waals surface area contributed by atoms with Crippen molar-refractivity contribution in [3.05, 3.63) is 192 Å². The second kappa shape index (κ2) is 25.0. The number of aromatic nitrogens is 4. The van der Waals surface area contributed by atoms with Crippen LogP contribution in [0.5, 0.6) is 0 Å². The second-order valence-electron chi connectivity index (χ2n) is 19.7. The molecule has 0 saturated carbocycles. The summed E-state index contributed by atoms with van der Waals surface area (Å²) in [5.41, 5.74) is 15.7. The van der Waals surface area contributed by atoms with Gasteiger partial charge in [-0.05, 0) is 98.6 Å². The van der Waals surface area contributed by atoms with Crippen LogP contribution in [0.4, 0.5) is 0 Å². The number of fused-ring (bicyclic) bond motifs is 4. The Morgan fingerprint density at radius 1 is 0.278 bits per heavy atom. The SMILES string of the molecule is CCCCCC[n+]1ccccc1C1=C2C=CC(=N2)C(c2cccc[n+]2CCCCCC)=C2C=CC(=N2)C(c2cccc[n+]2CCCCCC)=C2C=CC(=N2)C(c2cccc[n+]2CCCCCC)=C2C=CC1=N2. The summed E-state index contributed by atoms with van der Waals surface area (Å²) in [6.45, 7) is 12.8. The van der Waals surface area contributed by atoms with Crippen LogP contribution in [0.2, 0.25) is 0 Å². The molecule has 5 aliphatic heterocycles. The van der Waals surface area contributed by atoms with Crippen molar-refractivity contribution in [1.29, 1.82) is 0 Å². The monoisotopic (exact) mass is 957 g/mol. The molecule has 4 aromatic heterocycles. The molecule has 9 rings (SSSR count). The molecule has 0 radical (unpaired) electrons. The van der Waals surface area contributed by atoms with E-state index in [0.29, 0.717) is 0 Å². The standard InChI is InChI=1S/C64H76N8/c1-5-9-13-21-41-69-45-25-17-29-57(69)61-49-33-35-51(65-49)62(58-30-18-26-46-70(58)42-22-14-10-6-2)53-37-39-55(67-53)64(60-32-20-28-48-72(60)44-24-16-12-8-4)56-40-38-54(68-56)63(52-36-34-50(61)66-52)59-31-19-27-47-71(59)43-23-15-11-7-3/h17-20,25-40,45-48H,5-16,21-24,41-44H2,1-4H3/q+4. The molecule has 0 aliphatic carbocycles. The Hall–Kier alpha value is -6.80. The first-order valence-corrected chi connectivity index (χ1v) is 27.6. The summed E-state index contributed by atoms with van der Waals surface area (Å²) >= 11 is 0. The van der Waals surface area contributed by atoms with E-state index in [-0.39, 0.29) is 0 Å². The average Bonchev–Trinajstić information content (AvgIpc) is 4.27. The molecule has 8 bridgehead atoms. The maximum Gasteiger partial charge on any atom is 0.216 e. The maximum absolute atomic E-state index is 5.70. The lowest BCUT2D eigenvalue weighted by molar-refractivity contribution is -0.699. The number of hydrogen-bond acceptors (Lipinski definition) is 4. The largest absolute Gasteiger partial charge is 0.247 e. The predicted octanol–water partition coefficient (Wildman–Crippen LogP) is 13.2. The molecule has 8 nitrogen and oxygen atoms in total. The summed E-state index contributed by atoms with van der Waals surface area (Å²) < 4.78 is 9.66. The highest BCUT2D eigenvalue weighted by atomic mass is 15.0. The van der Waals surface area contributed by atoms with Gasteiger partial charge >= 0.3 is 0 Å². The fourth-order valence-corrected chi connectivity index (χ4v) is 10.6. The third-order valence-corrected chi connectivity index (χ3v) is 14.4. The van der Waals surface area contributed by atoms with Crippen LogP contribution in [-0.2, 0) is 26.2 Å². The van der Waals surface area contributed by atoms with Gasteiger partial charge in [-0.2, -0.15) is 18.3 Å². The van der Waals surface area contributed by atoms with Crippen molar-refractivity contribution in [3.8, 4) is 0 Å². The Morgan fingerprint density at radius 2 is 0.514 bits per heavy atom. The molecule has 0 saturated heterocycles. The minimum absolute atomic E-state index is 0.895. The van der Waals surface area contributed by atoms with Gasteiger partial charge in [0, 0.05) is 74.2 Å². The van der Waals surface area contributed by atoms with Gasteiger partial charge in [-0.3, -0.25) is 0 Å². The van der Waals surface area contributed by atoms with E-state index in [1.54, 1.807) is 0 Å². The highest BCUT2D eigenvalue weighted by Crippen LogP contribution is 2.37. The molecule has 0 spiro atoms. The Bertz CT molecular complexity index is 2610. The topological polar surface area (TPSA) is 65.0 Å². The van der Waals surface area contributed by atoms with E-state index < -0.39 is 0 Å². The molecular weight excluding hydrogens is 881 g/mol. The number of aryl methyl sites for hydroxylation is 4. The van der Waals surface area contributed by atoms with Gasteiger partial charge in [0.05, 0.1) is 67.9 Å². The predicted molar refractivity (Wildman–Crippen MR) is 297 cm³/mol. The minimum atomic E-state index is 0.895. The third kappa shape index (κ3) is 11.6. The zero-order valence-electron chi connectivity index (χ0n) is 43.6. The van der Waals surface area contributed by atoms with Crippen molar-refractivity contribution in [2.75, 3.05) is 0 Å². The number of pyridine rings is 4. The van der Waals surface area contributed by atoms with Crippen molar-refractivity contribution < 1.29 is 18.3 Å². The van der Waals surface area contributed by atoms with Crippen LogP contribution in [-0.4, -0.2) is 22.8 Å². The molecule has 4 aromatic rings. The van der Waals surface area contributed by atoms with Crippen LogP contribution >= 0.6 is 0 Å². The van der Waals surface area contributed by atoms with Gasteiger partial charge in [0.25, 0.3) is 0 Å². The summed E-state index contributed by atoms with van der Waals surface area (Å²) in [7, 11) is 0. The Balaban J connectivity index is 1.32. The number of nitrogens with zero attached hydrogens (tertiary/aromatic N) is 8. The molecule has 8 heteroatoms. The first-order valence-electron chi connectivity index (χ1n) is 27.6. The average molecular weight is 957 g/mol. The van der Waals surface area contributed by atoms with Crippen molar-refractivity contribution in [2.24, 2.45) is 20.0 Å². The Labute approximate surface area is 429 Å². The lowest BCUT2D eigenvalue weighted by atomic mass is 10.0. The molecule has 0 unspecified atom stereocenters. The van der Waals surface area contributed by atoms with Crippen LogP contribution < -0.4 is 18.3 Å². The van der Waals surface area contributed by atoms with Gasteiger partial charge in [0.15, 0.2) is 24.8 Å². The zero-order chi connectivity index (χ0) is 49.5. The lowest BCUT2D eigenvalue weighted by Crippen LogP contribution is -2.39. The Morgan fingerprint density at radius 3 is 0.736 bits per heavy atom. The maximum atomic E-state index is 5.70. The summed E-state index contributed by atoms with van der Waals surface area (Å²) in [4.78, 5) is 22.8. The smallest absolute Gasteiger partial charge is 0.216 e. The molecule has 0 amide bonds. The molecule has 0 aromatic carbocycles. The fraction of sp³-hybridized carbons (Fsp3) is 0.375. The van der Waals surface area contributed by atoms with E-state index in [1.807, 2.05) is 0 Å². The van der Waals surface area contributed by atoms with Gasteiger partial charge in [0.1, 0.15) is 26.2 Å².